The van der Waals surface area contributed by atoms with Crippen molar-refractivity contribution < 1.29 is 4.79 Å². The average molecular weight is 340 g/mol. The van der Waals surface area contributed by atoms with Crippen LogP contribution >= 0.6 is 11.8 Å². The van der Waals surface area contributed by atoms with Crippen LogP contribution in [0.2, 0.25) is 0 Å². The molecule has 1 aliphatic heterocycles. The topological polar surface area (TPSA) is 20.3 Å². The van der Waals surface area contributed by atoms with Gasteiger partial charge in [0.05, 0.1) is 6.04 Å². The van der Waals surface area contributed by atoms with E-state index in [0.29, 0.717) is 17.6 Å². The van der Waals surface area contributed by atoms with Crippen LogP contribution in [0.3, 0.4) is 0 Å². The van der Waals surface area contributed by atoms with Gasteiger partial charge in [-0.1, -0.05) is 61.9 Å². The molecule has 1 amide bonds. The standard InChI is InChI=1S/C21H25NOS/c1-2-3-16-22-20(23)15-14-19(24-18-12-8-5-9-13-18)21(22)17-10-6-4-7-11-17/h4-13,19,21H,2-3,14-16H2,1H3/t19-,21-/m0/s1. The molecule has 2 aromatic carbocycles. The molecule has 2 aromatic rings. The number of carbonyl (C=O) groups excluding carboxylic acids is 1. The third-order valence-electron chi connectivity index (χ3n) is 4.58. The van der Waals surface area contributed by atoms with Crippen LogP contribution in [0, 0.1) is 0 Å². The molecule has 0 radical (unpaired) electrons. The fourth-order valence-electron chi connectivity index (χ4n) is 3.36. The number of amides is 1. The van der Waals surface area contributed by atoms with Crippen molar-refractivity contribution in [2.45, 2.75) is 48.8 Å². The number of unbranched alkanes of at least 4 members (excludes halogenated alkanes) is 1. The summed E-state index contributed by atoms with van der Waals surface area (Å²) in [5.74, 6) is 0.308. The molecule has 0 saturated carbocycles. The van der Waals surface area contributed by atoms with Crippen molar-refractivity contribution in [1.82, 2.24) is 4.90 Å². The Balaban J connectivity index is 1.89. The van der Waals surface area contributed by atoms with Crippen molar-refractivity contribution in [3.05, 3.63) is 66.2 Å². The summed E-state index contributed by atoms with van der Waals surface area (Å²) in [6, 6.07) is 21.3. The number of benzene rings is 2. The first-order valence-electron chi connectivity index (χ1n) is 8.85. The lowest BCUT2D eigenvalue weighted by Crippen LogP contribution is -2.44. The Labute approximate surface area is 149 Å². The van der Waals surface area contributed by atoms with Gasteiger partial charge < -0.3 is 4.90 Å². The van der Waals surface area contributed by atoms with E-state index in [4.69, 9.17) is 0 Å². The Kier molecular flexibility index (Phi) is 5.97. The summed E-state index contributed by atoms with van der Waals surface area (Å²) in [5, 5.41) is 0.407. The smallest absolute Gasteiger partial charge is 0.223 e. The van der Waals surface area contributed by atoms with Gasteiger partial charge in [-0.05, 0) is 30.5 Å². The number of piperidine rings is 1. The van der Waals surface area contributed by atoms with Crippen LogP contribution in [-0.2, 0) is 4.79 Å². The quantitative estimate of drug-likeness (QED) is 0.711. The summed E-state index contributed by atoms with van der Waals surface area (Å²) < 4.78 is 0. The minimum atomic E-state index is 0.171. The van der Waals surface area contributed by atoms with Gasteiger partial charge in [-0.2, -0.15) is 0 Å². The predicted molar refractivity (Wildman–Crippen MR) is 101 cm³/mol. The largest absolute Gasteiger partial charge is 0.335 e. The maximum Gasteiger partial charge on any atom is 0.223 e. The van der Waals surface area contributed by atoms with Gasteiger partial charge in [0.25, 0.3) is 0 Å². The lowest BCUT2D eigenvalue weighted by Gasteiger charge is -2.41. The highest BCUT2D eigenvalue weighted by Gasteiger charge is 2.36. The van der Waals surface area contributed by atoms with Crippen LogP contribution in [0.25, 0.3) is 0 Å². The number of thioether (sulfide) groups is 1. The zero-order valence-corrected chi connectivity index (χ0v) is 15.0. The van der Waals surface area contributed by atoms with Gasteiger partial charge in [0.15, 0.2) is 0 Å². The minimum Gasteiger partial charge on any atom is -0.335 e. The van der Waals surface area contributed by atoms with E-state index in [-0.39, 0.29) is 6.04 Å². The Bertz CT molecular complexity index is 643. The van der Waals surface area contributed by atoms with Crippen molar-refractivity contribution in [2.75, 3.05) is 6.54 Å². The van der Waals surface area contributed by atoms with E-state index in [1.165, 1.54) is 10.5 Å². The fourth-order valence-corrected chi connectivity index (χ4v) is 4.69. The summed E-state index contributed by atoms with van der Waals surface area (Å²) in [6.07, 6.45) is 3.79. The molecular weight excluding hydrogens is 314 g/mol. The molecule has 0 N–H and O–H groups in total. The molecule has 3 rings (SSSR count). The molecule has 1 saturated heterocycles. The van der Waals surface area contributed by atoms with Crippen LogP contribution in [0.5, 0.6) is 0 Å². The first kappa shape index (κ1) is 17.1. The highest BCUT2D eigenvalue weighted by molar-refractivity contribution is 8.00. The Morgan fingerprint density at radius 1 is 1.04 bits per heavy atom. The van der Waals surface area contributed by atoms with Gasteiger partial charge in [-0.25, -0.2) is 0 Å². The van der Waals surface area contributed by atoms with Gasteiger partial charge in [0.1, 0.15) is 0 Å². The SMILES string of the molecule is CCCCN1C(=O)CC[C@H](Sc2ccccc2)[C@@H]1c1ccccc1. The highest BCUT2D eigenvalue weighted by atomic mass is 32.2. The molecule has 0 aromatic heterocycles. The van der Waals surface area contributed by atoms with Crippen molar-refractivity contribution in [1.29, 1.82) is 0 Å². The van der Waals surface area contributed by atoms with E-state index in [1.807, 2.05) is 17.8 Å². The third kappa shape index (κ3) is 4.02. The number of likely N-dealkylation sites (tertiary alicyclic amines) is 1. The molecule has 24 heavy (non-hydrogen) atoms. The zero-order valence-electron chi connectivity index (χ0n) is 14.2. The maximum absolute atomic E-state index is 12.6. The molecule has 126 valence electrons. The van der Waals surface area contributed by atoms with Crippen LogP contribution in [0.15, 0.2) is 65.6 Å². The molecule has 2 nitrogen and oxygen atoms in total. The van der Waals surface area contributed by atoms with Gasteiger partial charge in [-0.15, -0.1) is 11.8 Å². The van der Waals surface area contributed by atoms with Crippen LogP contribution in [0.4, 0.5) is 0 Å². The molecule has 1 aliphatic rings. The molecule has 1 heterocycles. The first-order chi connectivity index (χ1) is 11.8. The maximum atomic E-state index is 12.6. The lowest BCUT2D eigenvalue weighted by atomic mass is 9.94. The summed E-state index contributed by atoms with van der Waals surface area (Å²) in [5.41, 5.74) is 1.26. The number of hydrogen-bond donors (Lipinski definition) is 0. The van der Waals surface area contributed by atoms with Crippen molar-refractivity contribution in [3.63, 3.8) is 0 Å². The van der Waals surface area contributed by atoms with E-state index in [1.54, 1.807) is 0 Å². The Morgan fingerprint density at radius 3 is 2.38 bits per heavy atom. The van der Waals surface area contributed by atoms with Crippen LogP contribution in [-0.4, -0.2) is 22.6 Å². The second kappa shape index (κ2) is 8.39. The highest BCUT2D eigenvalue weighted by Crippen LogP contribution is 2.42. The summed E-state index contributed by atoms with van der Waals surface area (Å²) in [7, 11) is 0. The normalized spacial score (nSPS) is 21.0. The molecule has 2 atom stereocenters. The minimum absolute atomic E-state index is 0.171. The fraction of sp³-hybridized carbons (Fsp3) is 0.381. The second-order valence-electron chi connectivity index (χ2n) is 6.30. The number of hydrogen-bond acceptors (Lipinski definition) is 2. The van der Waals surface area contributed by atoms with Crippen molar-refractivity contribution in [2.24, 2.45) is 0 Å². The number of rotatable bonds is 6. The molecule has 0 bridgehead atoms. The van der Waals surface area contributed by atoms with Gasteiger partial charge >= 0.3 is 0 Å². The second-order valence-corrected chi connectivity index (χ2v) is 7.62. The average Bonchev–Trinajstić information content (AvgIpc) is 2.63. The first-order valence-corrected chi connectivity index (χ1v) is 9.73. The van der Waals surface area contributed by atoms with Gasteiger partial charge in [0.2, 0.25) is 5.91 Å². The molecule has 0 unspecified atom stereocenters. The van der Waals surface area contributed by atoms with E-state index >= 15 is 0 Å². The van der Waals surface area contributed by atoms with Crippen molar-refractivity contribution >= 4 is 17.7 Å². The van der Waals surface area contributed by atoms with Crippen LogP contribution in [0.1, 0.15) is 44.2 Å². The molecule has 3 heteroatoms. The van der Waals surface area contributed by atoms with E-state index in [2.05, 4.69) is 66.4 Å². The third-order valence-corrected chi connectivity index (χ3v) is 5.92. The van der Waals surface area contributed by atoms with E-state index in [0.717, 1.165) is 25.8 Å². The van der Waals surface area contributed by atoms with Gasteiger partial charge in [-0.3, -0.25) is 4.79 Å². The molecule has 0 spiro atoms. The van der Waals surface area contributed by atoms with E-state index in [9.17, 15) is 4.79 Å². The molecular formula is C21H25NOS. The molecule has 0 aliphatic carbocycles. The Hall–Kier alpha value is -1.74. The summed E-state index contributed by atoms with van der Waals surface area (Å²) in [4.78, 5) is 16.0. The van der Waals surface area contributed by atoms with E-state index < -0.39 is 0 Å². The summed E-state index contributed by atoms with van der Waals surface area (Å²) >= 11 is 1.91. The Morgan fingerprint density at radius 2 is 1.71 bits per heavy atom. The predicted octanol–water partition coefficient (Wildman–Crippen LogP) is 5.31. The summed E-state index contributed by atoms with van der Waals surface area (Å²) in [6.45, 7) is 3.04. The van der Waals surface area contributed by atoms with Crippen molar-refractivity contribution in [3.8, 4) is 0 Å². The molecule has 1 fully saturated rings. The van der Waals surface area contributed by atoms with Crippen LogP contribution < -0.4 is 0 Å². The lowest BCUT2D eigenvalue weighted by molar-refractivity contribution is -0.136. The monoisotopic (exact) mass is 339 g/mol. The van der Waals surface area contributed by atoms with Gasteiger partial charge in [0, 0.05) is 23.1 Å². The number of nitrogens with zero attached hydrogens (tertiary/aromatic N) is 1. The zero-order chi connectivity index (χ0) is 16.8. The number of carbonyl (C=O) groups is 1.